The highest BCUT2D eigenvalue weighted by molar-refractivity contribution is 7.99. The highest BCUT2D eigenvalue weighted by Gasteiger charge is 2.22. The van der Waals surface area contributed by atoms with Gasteiger partial charge in [-0.2, -0.15) is 0 Å². The molecular formula is C21H21N3O3S. The molecule has 1 aromatic heterocycles. The van der Waals surface area contributed by atoms with E-state index in [1.54, 1.807) is 7.11 Å². The molecular weight excluding hydrogens is 374 g/mol. The molecule has 7 heteroatoms. The molecule has 0 saturated heterocycles. The molecule has 2 heterocycles. The SMILES string of the molecule is COc1ccc(Cc2nnc(SCC(=O)N3CCCc4ccccc43)o2)cc1. The van der Waals surface area contributed by atoms with E-state index in [4.69, 9.17) is 9.15 Å². The molecule has 0 saturated carbocycles. The van der Waals surface area contributed by atoms with Gasteiger partial charge in [-0.3, -0.25) is 4.79 Å². The molecule has 0 atom stereocenters. The lowest BCUT2D eigenvalue weighted by Crippen LogP contribution is -2.36. The Morgan fingerprint density at radius 1 is 1.18 bits per heavy atom. The molecule has 2 aromatic carbocycles. The largest absolute Gasteiger partial charge is 0.497 e. The average Bonchev–Trinajstić information content (AvgIpc) is 3.19. The summed E-state index contributed by atoms with van der Waals surface area (Å²) in [7, 11) is 1.64. The van der Waals surface area contributed by atoms with E-state index in [9.17, 15) is 4.79 Å². The van der Waals surface area contributed by atoms with Gasteiger partial charge in [-0.05, 0) is 42.2 Å². The molecule has 4 rings (SSSR count). The lowest BCUT2D eigenvalue weighted by atomic mass is 10.0. The molecule has 1 aliphatic heterocycles. The van der Waals surface area contributed by atoms with Gasteiger partial charge in [0.25, 0.3) is 5.22 Å². The number of rotatable bonds is 6. The molecule has 3 aromatic rings. The van der Waals surface area contributed by atoms with Crippen molar-refractivity contribution < 1.29 is 13.9 Å². The summed E-state index contributed by atoms with van der Waals surface area (Å²) in [6, 6.07) is 15.8. The molecule has 144 valence electrons. The van der Waals surface area contributed by atoms with Gasteiger partial charge in [0, 0.05) is 12.2 Å². The number of hydrogen-bond donors (Lipinski definition) is 0. The summed E-state index contributed by atoms with van der Waals surface area (Å²) < 4.78 is 10.8. The summed E-state index contributed by atoms with van der Waals surface area (Å²) in [6.45, 7) is 0.753. The highest BCUT2D eigenvalue weighted by atomic mass is 32.2. The number of fused-ring (bicyclic) bond motifs is 1. The average molecular weight is 395 g/mol. The van der Waals surface area contributed by atoms with Crippen molar-refractivity contribution in [1.82, 2.24) is 10.2 Å². The van der Waals surface area contributed by atoms with Gasteiger partial charge in [0.1, 0.15) is 5.75 Å². The lowest BCUT2D eigenvalue weighted by molar-refractivity contribution is -0.116. The molecule has 0 radical (unpaired) electrons. The summed E-state index contributed by atoms with van der Waals surface area (Å²) in [5, 5.41) is 8.56. The van der Waals surface area contributed by atoms with Crippen LogP contribution < -0.4 is 9.64 Å². The van der Waals surface area contributed by atoms with Crippen molar-refractivity contribution in [3.05, 3.63) is 65.5 Å². The zero-order valence-corrected chi connectivity index (χ0v) is 16.4. The highest BCUT2D eigenvalue weighted by Crippen LogP contribution is 2.28. The molecule has 6 nitrogen and oxygen atoms in total. The van der Waals surface area contributed by atoms with E-state index in [2.05, 4.69) is 16.3 Å². The Morgan fingerprint density at radius 2 is 2.00 bits per heavy atom. The second-order valence-electron chi connectivity index (χ2n) is 6.55. The first-order valence-electron chi connectivity index (χ1n) is 9.19. The van der Waals surface area contributed by atoms with Crippen molar-refractivity contribution in [1.29, 1.82) is 0 Å². The molecule has 1 aliphatic rings. The normalized spacial score (nSPS) is 13.2. The second-order valence-corrected chi connectivity index (χ2v) is 7.48. The zero-order valence-electron chi connectivity index (χ0n) is 15.6. The minimum Gasteiger partial charge on any atom is -0.497 e. The van der Waals surface area contributed by atoms with Crippen LogP contribution in [0.1, 0.15) is 23.4 Å². The Morgan fingerprint density at radius 3 is 2.82 bits per heavy atom. The fourth-order valence-corrected chi connectivity index (χ4v) is 3.94. The number of methoxy groups -OCH3 is 1. The smallest absolute Gasteiger partial charge is 0.277 e. The van der Waals surface area contributed by atoms with Crippen LogP contribution in [-0.2, 0) is 17.6 Å². The zero-order chi connectivity index (χ0) is 19.3. The Bertz CT molecular complexity index is 956. The number of carbonyl (C=O) groups is 1. The maximum atomic E-state index is 12.7. The number of aryl methyl sites for hydroxylation is 1. The third-order valence-electron chi connectivity index (χ3n) is 4.69. The number of aromatic nitrogens is 2. The summed E-state index contributed by atoms with van der Waals surface area (Å²) in [5.41, 5.74) is 3.30. The predicted octanol–water partition coefficient (Wildman–Crippen LogP) is 3.74. The summed E-state index contributed by atoms with van der Waals surface area (Å²) >= 11 is 1.28. The van der Waals surface area contributed by atoms with Gasteiger partial charge in [0.05, 0.1) is 19.3 Å². The van der Waals surface area contributed by atoms with Crippen LogP contribution in [0.25, 0.3) is 0 Å². The Balaban J connectivity index is 1.35. The van der Waals surface area contributed by atoms with Crippen LogP contribution in [0.4, 0.5) is 5.69 Å². The van der Waals surface area contributed by atoms with Crippen LogP contribution in [0, 0.1) is 0 Å². The predicted molar refractivity (Wildman–Crippen MR) is 108 cm³/mol. The van der Waals surface area contributed by atoms with E-state index in [0.29, 0.717) is 17.5 Å². The van der Waals surface area contributed by atoms with Crippen molar-refractivity contribution in [2.24, 2.45) is 0 Å². The van der Waals surface area contributed by atoms with Gasteiger partial charge in [-0.1, -0.05) is 42.1 Å². The van der Waals surface area contributed by atoms with E-state index in [1.165, 1.54) is 17.3 Å². The van der Waals surface area contributed by atoms with Crippen molar-refractivity contribution in [3.63, 3.8) is 0 Å². The molecule has 0 N–H and O–H groups in total. The van der Waals surface area contributed by atoms with Crippen molar-refractivity contribution in [2.45, 2.75) is 24.5 Å². The number of benzene rings is 2. The number of hydrogen-bond acceptors (Lipinski definition) is 6. The van der Waals surface area contributed by atoms with E-state index in [0.717, 1.165) is 36.4 Å². The van der Waals surface area contributed by atoms with Gasteiger partial charge in [-0.25, -0.2) is 0 Å². The van der Waals surface area contributed by atoms with Gasteiger partial charge < -0.3 is 14.1 Å². The summed E-state index contributed by atoms with van der Waals surface area (Å²) in [5.74, 6) is 1.68. The molecule has 0 aliphatic carbocycles. The molecule has 0 fully saturated rings. The lowest BCUT2D eigenvalue weighted by Gasteiger charge is -2.29. The molecule has 0 spiro atoms. The van der Waals surface area contributed by atoms with Crippen molar-refractivity contribution in [3.8, 4) is 5.75 Å². The number of thioether (sulfide) groups is 1. The third kappa shape index (κ3) is 4.20. The standard InChI is InChI=1S/C21H21N3O3S/c1-26-17-10-8-15(9-11-17)13-19-22-23-21(27-19)28-14-20(25)24-12-4-6-16-5-2-3-7-18(16)24/h2-3,5,7-11H,4,6,12-14H2,1H3. The van der Waals surface area contributed by atoms with Crippen molar-refractivity contribution in [2.75, 3.05) is 24.3 Å². The molecule has 28 heavy (non-hydrogen) atoms. The Hall–Kier alpha value is -2.80. The molecule has 1 amide bonds. The summed E-state index contributed by atoms with van der Waals surface area (Å²) in [6.07, 6.45) is 2.55. The van der Waals surface area contributed by atoms with Crippen molar-refractivity contribution >= 4 is 23.4 Å². The first-order valence-corrected chi connectivity index (χ1v) is 10.2. The van der Waals surface area contributed by atoms with Crippen LogP contribution in [0.3, 0.4) is 0 Å². The minimum atomic E-state index is 0.0621. The van der Waals surface area contributed by atoms with Crippen LogP contribution in [0.15, 0.2) is 58.2 Å². The second kappa shape index (κ2) is 8.48. The fraction of sp³-hybridized carbons (Fsp3) is 0.286. The van der Waals surface area contributed by atoms with Crippen LogP contribution in [0.5, 0.6) is 5.75 Å². The molecule has 0 bridgehead atoms. The maximum Gasteiger partial charge on any atom is 0.277 e. The number of ether oxygens (including phenoxy) is 1. The number of anilines is 1. The first-order chi connectivity index (χ1) is 13.7. The van der Waals surface area contributed by atoms with Crippen LogP contribution >= 0.6 is 11.8 Å². The van der Waals surface area contributed by atoms with Crippen LogP contribution in [0.2, 0.25) is 0 Å². The van der Waals surface area contributed by atoms with E-state index in [-0.39, 0.29) is 11.7 Å². The number of carbonyl (C=O) groups excluding carboxylic acids is 1. The van der Waals surface area contributed by atoms with E-state index in [1.807, 2.05) is 47.4 Å². The number of para-hydroxylation sites is 1. The van der Waals surface area contributed by atoms with Gasteiger partial charge in [0.2, 0.25) is 11.8 Å². The minimum absolute atomic E-state index is 0.0621. The Labute approximate surface area is 167 Å². The first kappa shape index (κ1) is 18.6. The molecule has 0 unspecified atom stereocenters. The third-order valence-corrected chi connectivity index (χ3v) is 5.50. The van der Waals surface area contributed by atoms with Gasteiger partial charge in [0.15, 0.2) is 0 Å². The quantitative estimate of drug-likeness (QED) is 0.592. The monoisotopic (exact) mass is 395 g/mol. The topological polar surface area (TPSA) is 68.5 Å². The van der Waals surface area contributed by atoms with E-state index >= 15 is 0 Å². The number of amides is 1. The van der Waals surface area contributed by atoms with E-state index < -0.39 is 0 Å². The Kier molecular flexibility index (Phi) is 5.62. The van der Waals surface area contributed by atoms with Gasteiger partial charge in [-0.15, -0.1) is 10.2 Å². The van der Waals surface area contributed by atoms with Crippen LogP contribution in [-0.4, -0.2) is 35.5 Å². The summed E-state index contributed by atoms with van der Waals surface area (Å²) in [4.78, 5) is 14.6. The fourth-order valence-electron chi connectivity index (χ4n) is 3.28. The maximum absolute atomic E-state index is 12.7. The van der Waals surface area contributed by atoms with Gasteiger partial charge >= 0.3 is 0 Å². The number of nitrogens with zero attached hydrogens (tertiary/aromatic N) is 3.